The number of hydrogen-bond donors (Lipinski definition) is 2. The summed E-state index contributed by atoms with van der Waals surface area (Å²) in [5, 5.41) is 3.22. The Hall–Kier alpha value is -1.50. The van der Waals surface area contributed by atoms with E-state index < -0.39 is 27.9 Å². The highest BCUT2D eigenvalue weighted by atomic mass is 35.5. The summed E-state index contributed by atoms with van der Waals surface area (Å²) in [7, 11) is -3.83. The first-order valence-electron chi connectivity index (χ1n) is 9.97. The van der Waals surface area contributed by atoms with Gasteiger partial charge in [-0.3, -0.25) is 14.5 Å². The Morgan fingerprint density at radius 1 is 1.29 bits per heavy atom. The zero-order valence-corrected chi connectivity index (χ0v) is 20.1. The average Bonchev–Trinajstić information content (AvgIpc) is 3.45. The number of nitrogens with zero attached hydrogens (tertiary/aromatic N) is 2. The summed E-state index contributed by atoms with van der Waals surface area (Å²) in [6, 6.07) is 2.13. The summed E-state index contributed by atoms with van der Waals surface area (Å²) in [4.78, 5) is 28.6. The second-order valence-electron chi connectivity index (χ2n) is 7.51. The molecule has 2 aliphatic heterocycles. The molecule has 2 aliphatic rings. The maximum atomic E-state index is 13.1. The summed E-state index contributed by atoms with van der Waals surface area (Å²) in [5.41, 5.74) is 6.88. The predicted octanol–water partition coefficient (Wildman–Crippen LogP) is 2.73. The summed E-state index contributed by atoms with van der Waals surface area (Å²) >= 11 is 8.22. The minimum atomic E-state index is -3.83. The van der Waals surface area contributed by atoms with Crippen LogP contribution in [0.5, 0.6) is 0 Å². The molecule has 0 aromatic carbocycles. The lowest BCUT2D eigenvalue weighted by Gasteiger charge is -2.25. The fraction of sp³-hybridized carbons (Fsp3) is 0.474. The van der Waals surface area contributed by atoms with Crippen LogP contribution in [0.3, 0.4) is 0 Å². The van der Waals surface area contributed by atoms with E-state index in [4.69, 9.17) is 17.3 Å². The highest BCUT2D eigenvalue weighted by Crippen LogP contribution is 2.38. The first kappa shape index (κ1) is 22.7. The molecular formula is C19H23ClN4O4S3. The monoisotopic (exact) mass is 502 g/mol. The van der Waals surface area contributed by atoms with E-state index in [1.807, 2.05) is 0 Å². The van der Waals surface area contributed by atoms with Crippen molar-refractivity contribution in [2.75, 3.05) is 25.0 Å². The summed E-state index contributed by atoms with van der Waals surface area (Å²) in [6.45, 7) is 4.76. The molecule has 0 bridgehead atoms. The van der Waals surface area contributed by atoms with E-state index >= 15 is 0 Å². The summed E-state index contributed by atoms with van der Waals surface area (Å²) in [5.74, 6) is -1.03. The van der Waals surface area contributed by atoms with Gasteiger partial charge in [-0.25, -0.2) is 8.42 Å². The normalized spacial score (nSPS) is 20.0. The van der Waals surface area contributed by atoms with Crippen LogP contribution in [0.2, 0.25) is 4.34 Å². The molecule has 2 aromatic heterocycles. The SMILES string of the molecule is CCN1CCc2c(sc(NC(=O)C3CCCN3S(=O)(=O)c3ccc(Cl)s3)c2C(N)=O)C1. The molecule has 0 aliphatic carbocycles. The molecule has 0 spiro atoms. The van der Waals surface area contributed by atoms with Crippen LogP contribution in [0.1, 0.15) is 40.6 Å². The Labute approximate surface area is 194 Å². The maximum absolute atomic E-state index is 13.1. The van der Waals surface area contributed by atoms with E-state index in [9.17, 15) is 18.0 Å². The van der Waals surface area contributed by atoms with Crippen LogP contribution in [0.15, 0.2) is 16.3 Å². The Morgan fingerprint density at radius 3 is 2.71 bits per heavy atom. The number of carbonyl (C=O) groups excluding carboxylic acids is 2. The highest BCUT2D eigenvalue weighted by molar-refractivity contribution is 7.91. The number of carbonyl (C=O) groups is 2. The summed E-state index contributed by atoms with van der Waals surface area (Å²) < 4.78 is 27.8. The highest BCUT2D eigenvalue weighted by Gasteiger charge is 2.41. The van der Waals surface area contributed by atoms with Crippen molar-refractivity contribution in [1.29, 1.82) is 0 Å². The smallest absolute Gasteiger partial charge is 0.253 e. The number of primary amides is 1. The number of amides is 2. The second-order valence-corrected chi connectivity index (χ2v) is 12.5. The number of anilines is 1. The van der Waals surface area contributed by atoms with Crippen LogP contribution in [-0.2, 0) is 27.8 Å². The van der Waals surface area contributed by atoms with E-state index in [0.717, 1.165) is 34.9 Å². The lowest BCUT2D eigenvalue weighted by Crippen LogP contribution is -2.43. The number of sulfonamides is 1. The van der Waals surface area contributed by atoms with Gasteiger partial charge < -0.3 is 11.1 Å². The van der Waals surface area contributed by atoms with Gasteiger partial charge in [0.15, 0.2) is 0 Å². The molecule has 0 radical (unpaired) electrons. The van der Waals surface area contributed by atoms with E-state index in [1.54, 1.807) is 0 Å². The van der Waals surface area contributed by atoms with Gasteiger partial charge in [0.2, 0.25) is 5.91 Å². The van der Waals surface area contributed by atoms with Gasteiger partial charge in [-0.1, -0.05) is 18.5 Å². The van der Waals surface area contributed by atoms with Crippen molar-refractivity contribution in [2.24, 2.45) is 5.73 Å². The number of nitrogens with two attached hydrogens (primary N) is 1. The molecule has 1 fully saturated rings. The van der Waals surface area contributed by atoms with Gasteiger partial charge in [0, 0.05) is 24.5 Å². The van der Waals surface area contributed by atoms with Crippen molar-refractivity contribution in [1.82, 2.24) is 9.21 Å². The van der Waals surface area contributed by atoms with Crippen LogP contribution >= 0.6 is 34.3 Å². The Balaban J connectivity index is 1.59. The van der Waals surface area contributed by atoms with Crippen molar-refractivity contribution in [2.45, 2.75) is 43.0 Å². The molecular weight excluding hydrogens is 480 g/mol. The molecule has 2 amide bonds. The van der Waals surface area contributed by atoms with Crippen molar-refractivity contribution in [3.63, 3.8) is 0 Å². The second kappa shape index (κ2) is 8.80. The molecule has 31 heavy (non-hydrogen) atoms. The van der Waals surface area contributed by atoms with E-state index in [0.29, 0.717) is 40.7 Å². The molecule has 0 saturated carbocycles. The van der Waals surface area contributed by atoms with Crippen LogP contribution in [0.25, 0.3) is 0 Å². The number of halogens is 1. The van der Waals surface area contributed by atoms with Gasteiger partial charge in [0.25, 0.3) is 15.9 Å². The van der Waals surface area contributed by atoms with E-state index in [1.165, 1.54) is 27.8 Å². The molecule has 1 atom stereocenters. The van der Waals surface area contributed by atoms with Crippen LogP contribution in [-0.4, -0.2) is 55.1 Å². The zero-order chi connectivity index (χ0) is 22.3. The number of nitrogens with one attached hydrogen (secondary N) is 1. The molecule has 1 saturated heterocycles. The standard InChI is InChI=1S/C19H23ClN4O4S3/c1-2-23-9-7-11-13(10-23)29-19(16(11)17(21)25)22-18(26)12-4-3-8-24(12)31(27,28)15-6-5-14(20)30-15/h5-6,12H,2-4,7-10H2,1H3,(H2,21,25)(H,22,26). The summed E-state index contributed by atoms with van der Waals surface area (Å²) in [6.07, 6.45) is 1.67. The number of hydrogen-bond acceptors (Lipinski definition) is 7. The first-order chi connectivity index (χ1) is 14.7. The van der Waals surface area contributed by atoms with Crippen molar-refractivity contribution < 1.29 is 18.0 Å². The van der Waals surface area contributed by atoms with Crippen LogP contribution in [0, 0.1) is 0 Å². The van der Waals surface area contributed by atoms with Crippen molar-refractivity contribution in [3.05, 3.63) is 32.5 Å². The fourth-order valence-electron chi connectivity index (χ4n) is 4.11. The lowest BCUT2D eigenvalue weighted by atomic mass is 10.0. The fourth-order valence-corrected chi connectivity index (χ4v) is 8.68. The quantitative estimate of drug-likeness (QED) is 0.630. The minimum Gasteiger partial charge on any atom is -0.365 e. The van der Waals surface area contributed by atoms with Gasteiger partial charge in [0.1, 0.15) is 15.3 Å². The molecule has 12 heteroatoms. The average molecular weight is 503 g/mol. The van der Waals surface area contributed by atoms with Gasteiger partial charge in [0.05, 0.1) is 9.90 Å². The topological polar surface area (TPSA) is 113 Å². The molecule has 168 valence electrons. The van der Waals surface area contributed by atoms with E-state index in [-0.39, 0.29) is 10.8 Å². The number of rotatable bonds is 6. The van der Waals surface area contributed by atoms with Gasteiger partial charge >= 0.3 is 0 Å². The molecule has 4 rings (SSSR count). The van der Waals surface area contributed by atoms with Crippen LogP contribution in [0.4, 0.5) is 5.00 Å². The third kappa shape index (κ3) is 4.27. The van der Waals surface area contributed by atoms with E-state index in [2.05, 4.69) is 17.1 Å². The molecule has 3 N–H and O–H groups in total. The molecule has 1 unspecified atom stereocenters. The lowest BCUT2D eigenvalue weighted by molar-refractivity contribution is -0.119. The maximum Gasteiger partial charge on any atom is 0.253 e. The molecule has 8 nitrogen and oxygen atoms in total. The molecule has 4 heterocycles. The minimum absolute atomic E-state index is 0.112. The number of fused-ring (bicyclic) bond motifs is 1. The first-order valence-corrected chi connectivity index (χ1v) is 13.4. The third-order valence-corrected chi connectivity index (χ3v) is 10.4. The van der Waals surface area contributed by atoms with Crippen molar-refractivity contribution in [3.8, 4) is 0 Å². The largest absolute Gasteiger partial charge is 0.365 e. The molecule has 2 aromatic rings. The Bertz CT molecular complexity index is 1130. The van der Waals surface area contributed by atoms with Gasteiger partial charge in [-0.2, -0.15) is 4.31 Å². The van der Waals surface area contributed by atoms with Gasteiger partial charge in [-0.05, 0) is 43.5 Å². The Kier molecular flexibility index (Phi) is 6.44. The third-order valence-electron chi connectivity index (χ3n) is 5.68. The van der Waals surface area contributed by atoms with Crippen LogP contribution < -0.4 is 11.1 Å². The Morgan fingerprint density at radius 2 is 2.06 bits per heavy atom. The predicted molar refractivity (Wildman–Crippen MR) is 122 cm³/mol. The number of thiophene rings is 2. The van der Waals surface area contributed by atoms with Gasteiger partial charge in [-0.15, -0.1) is 22.7 Å². The van der Waals surface area contributed by atoms with Crippen molar-refractivity contribution >= 4 is 61.1 Å². The zero-order valence-electron chi connectivity index (χ0n) is 16.9. The number of likely N-dealkylation sites (N-methyl/N-ethyl adjacent to an activating group) is 1.